The van der Waals surface area contributed by atoms with Crippen molar-refractivity contribution < 1.29 is 14.7 Å². The Balaban J connectivity index is 1.89. The zero-order valence-corrected chi connectivity index (χ0v) is 11.2. The summed E-state index contributed by atoms with van der Waals surface area (Å²) in [5.74, 6) is -0.328. The molecule has 2 unspecified atom stereocenters. The summed E-state index contributed by atoms with van der Waals surface area (Å²) < 4.78 is 0. The van der Waals surface area contributed by atoms with Gasteiger partial charge < -0.3 is 10.0 Å². The Morgan fingerprint density at radius 2 is 2.17 bits per heavy atom. The molecule has 1 aliphatic carbocycles. The van der Waals surface area contributed by atoms with E-state index >= 15 is 0 Å². The predicted octanol–water partition coefficient (Wildman–Crippen LogP) is 2.19. The molecule has 0 bridgehead atoms. The Hall–Kier alpha value is -1.01. The number of hydrogen-bond acceptors (Lipinski definition) is 4. The Kier molecular flexibility index (Phi) is 3.07. The molecule has 0 radical (unpaired) electrons. The summed E-state index contributed by atoms with van der Waals surface area (Å²) in [4.78, 5) is 26.2. The Morgan fingerprint density at radius 1 is 1.39 bits per heavy atom. The molecule has 0 spiro atoms. The fraction of sp³-hybridized carbons (Fsp3) is 0.500. The highest BCUT2D eigenvalue weighted by Crippen LogP contribution is 2.46. The summed E-state index contributed by atoms with van der Waals surface area (Å²) in [6, 6.07) is 3.24. The summed E-state index contributed by atoms with van der Waals surface area (Å²) in [7, 11) is 0. The van der Waals surface area contributed by atoms with Crippen molar-refractivity contribution in [3.63, 3.8) is 0 Å². The van der Waals surface area contributed by atoms with Crippen molar-refractivity contribution in [2.24, 2.45) is 5.92 Å². The van der Waals surface area contributed by atoms with Crippen molar-refractivity contribution in [1.29, 1.82) is 0 Å². The number of aliphatic carboxylic acids is 1. The smallest absolute Gasteiger partial charge is 0.327 e. The van der Waals surface area contributed by atoms with Gasteiger partial charge in [0.25, 0.3) is 0 Å². The van der Waals surface area contributed by atoms with Gasteiger partial charge >= 0.3 is 5.97 Å². The number of amides is 1. The van der Waals surface area contributed by atoms with Crippen molar-refractivity contribution in [1.82, 2.24) is 4.90 Å². The van der Waals surface area contributed by atoms with E-state index in [0.717, 1.165) is 17.7 Å². The van der Waals surface area contributed by atoms with Crippen LogP contribution in [-0.4, -0.2) is 33.7 Å². The average molecular weight is 283 g/mol. The number of carbonyl (C=O) groups is 2. The van der Waals surface area contributed by atoms with Gasteiger partial charge in [-0.1, -0.05) is 6.07 Å². The van der Waals surface area contributed by atoms with Gasteiger partial charge in [-0.05, 0) is 24.3 Å². The molecule has 1 aromatic rings. The number of carboxylic acid groups (broad SMARTS) is 1. The molecule has 1 saturated carbocycles. The first-order valence-corrected chi connectivity index (χ1v) is 7.81. The lowest BCUT2D eigenvalue weighted by atomic mass is 10.2. The number of rotatable bonds is 3. The summed E-state index contributed by atoms with van der Waals surface area (Å²) in [5.41, 5.74) is 0. The van der Waals surface area contributed by atoms with Crippen molar-refractivity contribution in [2.45, 2.75) is 24.3 Å². The minimum absolute atomic E-state index is 0.0193. The third kappa shape index (κ3) is 2.03. The number of carbonyl (C=O) groups excluding carboxylic acids is 1. The van der Waals surface area contributed by atoms with Gasteiger partial charge in [-0.15, -0.1) is 23.1 Å². The zero-order chi connectivity index (χ0) is 12.7. The van der Waals surface area contributed by atoms with Gasteiger partial charge in [0.15, 0.2) is 0 Å². The number of thioether (sulfide) groups is 1. The fourth-order valence-electron chi connectivity index (χ4n) is 2.16. The second-order valence-electron chi connectivity index (χ2n) is 4.57. The van der Waals surface area contributed by atoms with Crippen LogP contribution in [-0.2, 0) is 9.59 Å². The molecule has 0 aromatic carbocycles. The third-order valence-corrected chi connectivity index (χ3v) is 5.63. The van der Waals surface area contributed by atoms with Gasteiger partial charge in [0, 0.05) is 16.5 Å². The average Bonchev–Trinajstić information content (AvgIpc) is 2.90. The standard InChI is InChI=1S/C12H13NO3S2/c14-10(7-3-4-7)13-8(12(15)16)6-18-11(13)9-2-1-5-17-9/h1-2,5,7-8,11H,3-4,6H2,(H,15,16). The van der Waals surface area contributed by atoms with Crippen LogP contribution in [0.2, 0.25) is 0 Å². The number of thiophene rings is 1. The Morgan fingerprint density at radius 3 is 2.72 bits per heavy atom. The molecule has 1 aliphatic heterocycles. The van der Waals surface area contributed by atoms with Gasteiger partial charge in [-0.3, -0.25) is 4.79 Å². The molecule has 3 rings (SSSR count). The second kappa shape index (κ2) is 4.59. The van der Waals surface area contributed by atoms with Gasteiger partial charge in [-0.2, -0.15) is 0 Å². The van der Waals surface area contributed by atoms with E-state index < -0.39 is 12.0 Å². The summed E-state index contributed by atoms with van der Waals surface area (Å²) in [5, 5.41) is 11.1. The fourth-order valence-corrected chi connectivity index (χ4v) is 4.55. The lowest BCUT2D eigenvalue weighted by Crippen LogP contribution is -2.43. The Bertz CT molecular complexity index is 470. The van der Waals surface area contributed by atoms with Crippen molar-refractivity contribution >= 4 is 35.0 Å². The van der Waals surface area contributed by atoms with Crippen LogP contribution in [0.5, 0.6) is 0 Å². The highest BCUT2D eigenvalue weighted by molar-refractivity contribution is 7.99. The third-order valence-electron chi connectivity index (χ3n) is 3.25. The van der Waals surface area contributed by atoms with Gasteiger partial charge in [0.1, 0.15) is 11.4 Å². The highest BCUT2D eigenvalue weighted by Gasteiger charge is 2.46. The number of hydrogen-bond donors (Lipinski definition) is 1. The molecule has 18 heavy (non-hydrogen) atoms. The molecule has 2 atom stereocenters. The molecule has 2 aliphatic rings. The van der Waals surface area contributed by atoms with Crippen LogP contribution in [0, 0.1) is 5.92 Å². The Labute approximate surface area is 113 Å². The minimum atomic E-state index is -0.893. The molecule has 1 amide bonds. The summed E-state index contributed by atoms with van der Waals surface area (Å²) in [6.07, 6.45) is 1.81. The number of carboxylic acids is 1. The van der Waals surface area contributed by atoms with E-state index in [-0.39, 0.29) is 17.2 Å². The summed E-state index contributed by atoms with van der Waals surface area (Å²) in [6.45, 7) is 0. The van der Waals surface area contributed by atoms with Gasteiger partial charge in [0.05, 0.1) is 0 Å². The van der Waals surface area contributed by atoms with Gasteiger partial charge in [0.2, 0.25) is 5.91 Å². The molecule has 4 nitrogen and oxygen atoms in total. The first kappa shape index (κ1) is 12.0. The quantitative estimate of drug-likeness (QED) is 0.924. The van der Waals surface area contributed by atoms with Crippen LogP contribution in [0.3, 0.4) is 0 Å². The monoisotopic (exact) mass is 283 g/mol. The molecule has 1 aromatic heterocycles. The normalized spacial score (nSPS) is 27.4. The van der Waals surface area contributed by atoms with Crippen LogP contribution in [0.15, 0.2) is 17.5 Å². The molecule has 96 valence electrons. The minimum Gasteiger partial charge on any atom is -0.480 e. The molecule has 1 saturated heterocycles. The second-order valence-corrected chi connectivity index (χ2v) is 6.67. The molecular formula is C12H13NO3S2. The maximum atomic E-state index is 12.3. The zero-order valence-electron chi connectivity index (χ0n) is 9.61. The van der Waals surface area contributed by atoms with Crippen molar-refractivity contribution in [3.05, 3.63) is 22.4 Å². The first-order chi connectivity index (χ1) is 8.68. The maximum absolute atomic E-state index is 12.3. The SMILES string of the molecule is O=C(O)C1CSC(c2cccs2)N1C(=O)C1CC1. The van der Waals surface area contributed by atoms with E-state index in [1.807, 2.05) is 17.5 Å². The predicted molar refractivity (Wildman–Crippen MR) is 70.5 cm³/mol. The topological polar surface area (TPSA) is 57.6 Å². The van der Waals surface area contributed by atoms with Gasteiger partial charge in [-0.25, -0.2) is 4.79 Å². The summed E-state index contributed by atoms with van der Waals surface area (Å²) >= 11 is 3.13. The van der Waals surface area contributed by atoms with E-state index in [1.165, 1.54) is 0 Å². The lowest BCUT2D eigenvalue weighted by molar-refractivity contribution is -0.149. The largest absolute Gasteiger partial charge is 0.480 e. The molecule has 6 heteroatoms. The van der Waals surface area contributed by atoms with E-state index in [9.17, 15) is 14.7 Å². The molecule has 2 fully saturated rings. The maximum Gasteiger partial charge on any atom is 0.327 e. The highest BCUT2D eigenvalue weighted by atomic mass is 32.2. The van der Waals surface area contributed by atoms with Crippen molar-refractivity contribution in [2.75, 3.05) is 5.75 Å². The van der Waals surface area contributed by atoms with Crippen molar-refractivity contribution in [3.8, 4) is 0 Å². The van der Waals surface area contributed by atoms with Crippen LogP contribution in [0.1, 0.15) is 23.1 Å². The molecular weight excluding hydrogens is 270 g/mol. The number of nitrogens with zero attached hydrogens (tertiary/aromatic N) is 1. The van der Waals surface area contributed by atoms with Crippen LogP contribution >= 0.6 is 23.1 Å². The molecule has 1 N–H and O–H groups in total. The van der Waals surface area contributed by atoms with Crippen LogP contribution in [0.4, 0.5) is 0 Å². The van der Waals surface area contributed by atoms with E-state index in [1.54, 1.807) is 28.0 Å². The lowest BCUT2D eigenvalue weighted by Gasteiger charge is -2.26. The van der Waals surface area contributed by atoms with E-state index in [4.69, 9.17) is 0 Å². The van der Waals surface area contributed by atoms with E-state index in [0.29, 0.717) is 5.75 Å². The van der Waals surface area contributed by atoms with Crippen LogP contribution in [0.25, 0.3) is 0 Å². The van der Waals surface area contributed by atoms with Crippen LogP contribution < -0.4 is 0 Å². The first-order valence-electron chi connectivity index (χ1n) is 5.88. The molecule has 2 heterocycles. The van der Waals surface area contributed by atoms with E-state index in [2.05, 4.69) is 0 Å².